The number of hydrogen-bond donors (Lipinski definition) is 1. The first-order chi connectivity index (χ1) is 10.4. The molecule has 4 rings (SSSR count). The number of aromatic nitrogens is 2. The molecule has 0 saturated carbocycles. The molecule has 1 aliphatic carbocycles. The Bertz CT molecular complexity index is 775. The van der Waals surface area contributed by atoms with Crippen LogP contribution in [0.15, 0.2) is 17.5 Å². The van der Waals surface area contributed by atoms with Crippen molar-refractivity contribution in [2.24, 2.45) is 0 Å². The Morgan fingerprint density at radius 1 is 1.24 bits per heavy atom. The molecule has 0 fully saturated rings. The lowest BCUT2D eigenvalue weighted by Gasteiger charge is -2.12. The van der Waals surface area contributed by atoms with E-state index >= 15 is 0 Å². The predicted molar refractivity (Wildman–Crippen MR) is 91.5 cm³/mol. The van der Waals surface area contributed by atoms with Gasteiger partial charge in [-0.1, -0.05) is 6.07 Å². The highest BCUT2D eigenvalue weighted by atomic mass is 32.1. The van der Waals surface area contributed by atoms with Gasteiger partial charge in [-0.25, -0.2) is 9.97 Å². The minimum absolute atomic E-state index is 0.854. The molecule has 0 amide bonds. The van der Waals surface area contributed by atoms with Crippen molar-refractivity contribution in [2.75, 3.05) is 11.9 Å². The number of aryl methyl sites for hydroxylation is 2. The van der Waals surface area contributed by atoms with Crippen LogP contribution in [0, 0.1) is 0 Å². The monoisotopic (exact) mass is 315 g/mol. The first-order valence-electron chi connectivity index (χ1n) is 7.47. The van der Waals surface area contributed by atoms with Crippen LogP contribution >= 0.6 is 22.7 Å². The third-order valence-corrected chi connectivity index (χ3v) is 5.95. The van der Waals surface area contributed by atoms with Gasteiger partial charge in [0, 0.05) is 11.4 Å². The summed E-state index contributed by atoms with van der Waals surface area (Å²) in [6.07, 6.45) is 4.98. The van der Waals surface area contributed by atoms with Crippen molar-refractivity contribution in [3.63, 3.8) is 0 Å². The number of thiophene rings is 2. The van der Waals surface area contributed by atoms with E-state index in [4.69, 9.17) is 9.97 Å². The summed E-state index contributed by atoms with van der Waals surface area (Å²) in [5.74, 6) is 1.87. The quantitative estimate of drug-likeness (QED) is 0.759. The molecular weight excluding hydrogens is 298 g/mol. The summed E-state index contributed by atoms with van der Waals surface area (Å²) in [6.45, 7) is 3.01. The van der Waals surface area contributed by atoms with Gasteiger partial charge in [0.2, 0.25) is 0 Å². The minimum atomic E-state index is 0.854. The van der Waals surface area contributed by atoms with Gasteiger partial charge in [-0.3, -0.25) is 0 Å². The Balaban J connectivity index is 1.96. The Hall–Kier alpha value is -1.46. The number of fused-ring (bicyclic) bond motifs is 3. The molecule has 0 aromatic carbocycles. The molecule has 0 bridgehead atoms. The van der Waals surface area contributed by atoms with E-state index in [-0.39, 0.29) is 0 Å². The van der Waals surface area contributed by atoms with E-state index in [0.29, 0.717) is 0 Å². The first-order valence-corrected chi connectivity index (χ1v) is 9.16. The van der Waals surface area contributed by atoms with Crippen LogP contribution < -0.4 is 5.32 Å². The summed E-state index contributed by atoms with van der Waals surface area (Å²) in [5, 5.41) is 6.80. The van der Waals surface area contributed by atoms with E-state index in [1.807, 2.05) is 11.3 Å². The van der Waals surface area contributed by atoms with Gasteiger partial charge in [-0.15, -0.1) is 22.7 Å². The Morgan fingerprint density at radius 3 is 2.95 bits per heavy atom. The second-order valence-electron chi connectivity index (χ2n) is 5.29. The predicted octanol–water partition coefficient (Wildman–Crippen LogP) is 4.73. The third kappa shape index (κ3) is 2.24. The van der Waals surface area contributed by atoms with Gasteiger partial charge >= 0.3 is 0 Å². The first kappa shape index (κ1) is 13.2. The highest BCUT2D eigenvalue weighted by Crippen LogP contribution is 2.39. The maximum absolute atomic E-state index is 4.84. The van der Waals surface area contributed by atoms with Gasteiger partial charge < -0.3 is 5.32 Å². The van der Waals surface area contributed by atoms with Crippen LogP contribution in [-0.2, 0) is 12.8 Å². The summed E-state index contributed by atoms with van der Waals surface area (Å²) in [7, 11) is 0. The summed E-state index contributed by atoms with van der Waals surface area (Å²) < 4.78 is 0. The van der Waals surface area contributed by atoms with Crippen LogP contribution in [0.25, 0.3) is 20.9 Å². The van der Waals surface area contributed by atoms with E-state index < -0.39 is 0 Å². The van der Waals surface area contributed by atoms with Gasteiger partial charge in [0.25, 0.3) is 0 Å². The second kappa shape index (κ2) is 5.39. The van der Waals surface area contributed by atoms with Crippen molar-refractivity contribution in [2.45, 2.75) is 32.6 Å². The van der Waals surface area contributed by atoms with Crippen LogP contribution in [0.1, 0.15) is 30.2 Å². The Kier molecular flexibility index (Phi) is 3.39. The topological polar surface area (TPSA) is 37.8 Å². The summed E-state index contributed by atoms with van der Waals surface area (Å²) in [5.41, 5.74) is 1.50. The van der Waals surface area contributed by atoms with E-state index in [2.05, 4.69) is 29.8 Å². The molecule has 0 radical (unpaired) electrons. The molecule has 1 aliphatic rings. The van der Waals surface area contributed by atoms with Crippen molar-refractivity contribution < 1.29 is 0 Å². The Labute approximate surface area is 132 Å². The molecule has 3 aromatic rings. The zero-order valence-corrected chi connectivity index (χ0v) is 13.6. The molecule has 3 heterocycles. The van der Waals surface area contributed by atoms with Crippen molar-refractivity contribution >= 4 is 38.7 Å². The average molecular weight is 315 g/mol. The van der Waals surface area contributed by atoms with Crippen LogP contribution in [0.3, 0.4) is 0 Å². The van der Waals surface area contributed by atoms with Crippen LogP contribution in [-0.4, -0.2) is 16.5 Å². The smallest absolute Gasteiger partial charge is 0.173 e. The molecule has 21 heavy (non-hydrogen) atoms. The second-order valence-corrected chi connectivity index (χ2v) is 7.33. The lowest BCUT2D eigenvalue weighted by molar-refractivity contribution is 0.700. The van der Waals surface area contributed by atoms with E-state index in [9.17, 15) is 0 Å². The molecule has 3 nitrogen and oxygen atoms in total. The third-order valence-electron chi connectivity index (χ3n) is 3.90. The molecule has 1 N–H and O–H groups in total. The fraction of sp³-hybridized carbons (Fsp3) is 0.375. The molecule has 0 aliphatic heterocycles. The van der Waals surface area contributed by atoms with Gasteiger partial charge in [-0.05, 0) is 49.6 Å². The molecule has 0 saturated heterocycles. The number of nitrogens with one attached hydrogen (secondary N) is 1. The van der Waals surface area contributed by atoms with Crippen molar-refractivity contribution in [3.8, 4) is 10.7 Å². The lowest BCUT2D eigenvalue weighted by atomic mass is 9.97. The van der Waals surface area contributed by atoms with Gasteiger partial charge in [0.15, 0.2) is 5.82 Å². The van der Waals surface area contributed by atoms with Gasteiger partial charge in [0.1, 0.15) is 10.6 Å². The molecule has 0 spiro atoms. The lowest BCUT2D eigenvalue weighted by Crippen LogP contribution is -2.04. The highest BCUT2D eigenvalue weighted by molar-refractivity contribution is 7.19. The molecule has 0 unspecified atom stereocenters. The van der Waals surface area contributed by atoms with Gasteiger partial charge in [-0.2, -0.15) is 0 Å². The number of nitrogens with zero attached hydrogens (tertiary/aromatic N) is 2. The van der Waals surface area contributed by atoms with Crippen molar-refractivity contribution in [3.05, 3.63) is 28.0 Å². The maximum Gasteiger partial charge on any atom is 0.173 e. The van der Waals surface area contributed by atoms with Crippen LogP contribution in [0.4, 0.5) is 5.82 Å². The zero-order valence-electron chi connectivity index (χ0n) is 12.0. The molecule has 3 aromatic heterocycles. The van der Waals surface area contributed by atoms with Crippen LogP contribution in [0.2, 0.25) is 0 Å². The Morgan fingerprint density at radius 2 is 2.14 bits per heavy atom. The summed E-state index contributed by atoms with van der Waals surface area (Å²) >= 11 is 3.56. The molecule has 0 atom stereocenters. The van der Waals surface area contributed by atoms with E-state index in [1.54, 1.807) is 11.3 Å². The molecule has 5 heteroatoms. The van der Waals surface area contributed by atoms with Crippen molar-refractivity contribution in [1.82, 2.24) is 9.97 Å². The summed E-state index contributed by atoms with van der Waals surface area (Å²) in [6, 6.07) is 4.15. The number of hydrogen-bond acceptors (Lipinski definition) is 5. The van der Waals surface area contributed by atoms with Crippen LogP contribution in [0.5, 0.6) is 0 Å². The number of rotatable bonds is 3. The standard InChI is InChI=1S/C16H17N3S2/c1-2-17-15-13-10-6-3-4-7-11(10)21-16(13)19-14(18-15)12-8-5-9-20-12/h5,8-9H,2-4,6-7H2,1H3,(H,17,18,19). The molecular formula is C16H17N3S2. The molecule has 108 valence electrons. The summed E-state index contributed by atoms with van der Waals surface area (Å²) in [4.78, 5) is 13.5. The van der Waals surface area contributed by atoms with Crippen molar-refractivity contribution in [1.29, 1.82) is 0 Å². The maximum atomic E-state index is 4.84. The fourth-order valence-electron chi connectivity index (χ4n) is 2.97. The zero-order chi connectivity index (χ0) is 14.2. The average Bonchev–Trinajstić information content (AvgIpc) is 3.14. The normalized spacial score (nSPS) is 14.3. The fourth-order valence-corrected chi connectivity index (χ4v) is 4.89. The highest BCUT2D eigenvalue weighted by Gasteiger charge is 2.21. The number of anilines is 1. The van der Waals surface area contributed by atoms with E-state index in [1.165, 1.54) is 41.5 Å². The SMILES string of the molecule is CCNc1nc(-c2cccs2)nc2sc3c(c12)CCCC3. The van der Waals surface area contributed by atoms with E-state index in [0.717, 1.165) is 27.9 Å². The largest absolute Gasteiger partial charge is 0.370 e. The minimum Gasteiger partial charge on any atom is -0.370 e. The van der Waals surface area contributed by atoms with Gasteiger partial charge in [0.05, 0.1) is 10.3 Å².